The molecule has 3 aromatic rings. The van der Waals surface area contributed by atoms with E-state index in [1.165, 1.54) is 39.6 Å². The Hall–Kier alpha value is -4.75. The molecule has 228 valence electrons. The Morgan fingerprint density at radius 2 is 1.74 bits per heavy atom. The van der Waals surface area contributed by atoms with Crippen LogP contribution in [0.3, 0.4) is 0 Å². The fourth-order valence-corrected chi connectivity index (χ4v) is 5.46. The molecule has 2 aromatic carbocycles. The van der Waals surface area contributed by atoms with Crippen LogP contribution in [0.5, 0.6) is 0 Å². The van der Waals surface area contributed by atoms with E-state index in [9.17, 15) is 19.2 Å². The predicted molar refractivity (Wildman–Crippen MR) is 152 cm³/mol. The summed E-state index contributed by atoms with van der Waals surface area (Å²) < 4.78 is 57.7. The van der Waals surface area contributed by atoms with E-state index in [1.807, 2.05) is 0 Å². The number of hydrogen-bond acceptors (Lipinski definition) is 8. The summed E-state index contributed by atoms with van der Waals surface area (Å²) in [7, 11) is 1.11. The molecule has 2 aliphatic rings. The first-order valence-electron chi connectivity index (χ1n) is 13.7. The van der Waals surface area contributed by atoms with Gasteiger partial charge in [-0.2, -0.15) is 0 Å². The van der Waals surface area contributed by atoms with Crippen LogP contribution in [0.1, 0.15) is 24.2 Å². The molecule has 1 N–H and O–H groups in total. The molecule has 0 aliphatic carbocycles. The Kier molecular flexibility index (Phi) is 8.20. The van der Waals surface area contributed by atoms with Crippen molar-refractivity contribution in [1.82, 2.24) is 9.88 Å². The number of rotatable bonds is 7. The maximum atomic E-state index is 15.9. The van der Waals surface area contributed by atoms with Gasteiger partial charge in [-0.3, -0.25) is 14.5 Å². The Morgan fingerprint density at radius 1 is 1.05 bits per heavy atom. The number of pyridine rings is 1. The number of cyclic esters (lactones) is 1. The van der Waals surface area contributed by atoms with Crippen molar-refractivity contribution in [3.63, 3.8) is 0 Å². The summed E-state index contributed by atoms with van der Waals surface area (Å²) >= 11 is 0. The van der Waals surface area contributed by atoms with Crippen molar-refractivity contribution in [2.75, 3.05) is 61.1 Å². The lowest BCUT2D eigenvalue weighted by Gasteiger charge is -2.38. The molecule has 2 saturated heterocycles. The number of benzene rings is 2. The van der Waals surface area contributed by atoms with Crippen LogP contribution in [0, 0.1) is 17.5 Å². The number of hydrogen-bond donors (Lipinski definition) is 1. The van der Waals surface area contributed by atoms with Crippen LogP contribution in [0.15, 0.2) is 35.3 Å². The van der Waals surface area contributed by atoms with Crippen molar-refractivity contribution < 1.29 is 37.0 Å². The van der Waals surface area contributed by atoms with Crippen LogP contribution in [-0.4, -0.2) is 75.0 Å². The molecule has 0 bridgehead atoms. The number of fused-ring (bicyclic) bond motifs is 1. The molecule has 0 unspecified atom stereocenters. The highest BCUT2D eigenvalue weighted by molar-refractivity contribution is 5.95. The topological polar surface area (TPSA) is 113 Å². The van der Waals surface area contributed by atoms with Crippen LogP contribution in [0.4, 0.5) is 35.0 Å². The molecule has 43 heavy (non-hydrogen) atoms. The standard InChI is InChI=1S/C29H30F3N5O6/c1-4-34-15-20(28(40)42-3)27(39)19-12-22(31)26(24(32)25(19)34)36-9-7-35(8-10-36)23-6-5-17(11-21(23)30)37-14-18(43-29(37)41)13-33-16(2)38/h5-6,11-12,15,18H,4,7-10,13-14H2,1-3H3,(H,33,38)/t18-/m0/s1. The summed E-state index contributed by atoms with van der Waals surface area (Å²) in [5.41, 5.74) is -1.02. The second kappa shape index (κ2) is 11.9. The van der Waals surface area contributed by atoms with Crippen molar-refractivity contribution in [3.05, 3.63) is 63.7 Å². The first-order chi connectivity index (χ1) is 20.5. The number of esters is 1. The maximum absolute atomic E-state index is 15.9. The zero-order chi connectivity index (χ0) is 31.0. The van der Waals surface area contributed by atoms with Crippen molar-refractivity contribution in [2.24, 2.45) is 0 Å². The highest BCUT2D eigenvalue weighted by atomic mass is 19.1. The highest BCUT2D eigenvalue weighted by Gasteiger charge is 2.33. The highest BCUT2D eigenvalue weighted by Crippen LogP contribution is 2.33. The van der Waals surface area contributed by atoms with Gasteiger partial charge in [0.15, 0.2) is 5.82 Å². The summed E-state index contributed by atoms with van der Waals surface area (Å²) in [6.07, 6.45) is -0.00738. The number of aromatic nitrogens is 1. The van der Waals surface area contributed by atoms with Gasteiger partial charge >= 0.3 is 12.1 Å². The summed E-state index contributed by atoms with van der Waals surface area (Å²) in [5, 5.41) is 2.31. The summed E-state index contributed by atoms with van der Waals surface area (Å²) in [6.45, 7) is 4.33. The van der Waals surface area contributed by atoms with Gasteiger partial charge in [0.25, 0.3) is 0 Å². The Balaban J connectivity index is 1.34. The molecule has 5 rings (SSSR count). The van der Waals surface area contributed by atoms with Crippen LogP contribution >= 0.6 is 0 Å². The largest absolute Gasteiger partial charge is 0.465 e. The molecule has 11 nitrogen and oxygen atoms in total. The molecule has 3 heterocycles. The Labute approximate surface area is 244 Å². The van der Waals surface area contributed by atoms with E-state index >= 15 is 13.2 Å². The zero-order valence-electron chi connectivity index (χ0n) is 23.8. The number of aryl methyl sites for hydroxylation is 1. The quantitative estimate of drug-likeness (QED) is 0.412. The average molecular weight is 602 g/mol. The minimum Gasteiger partial charge on any atom is -0.465 e. The molecule has 2 aliphatic heterocycles. The number of ether oxygens (including phenoxy) is 2. The number of halogens is 3. The maximum Gasteiger partial charge on any atom is 0.414 e. The van der Waals surface area contributed by atoms with Crippen molar-refractivity contribution in [1.29, 1.82) is 0 Å². The third kappa shape index (κ3) is 5.56. The number of nitrogens with one attached hydrogen (secondary N) is 1. The number of piperazine rings is 1. The second-order valence-corrected chi connectivity index (χ2v) is 10.2. The smallest absolute Gasteiger partial charge is 0.414 e. The summed E-state index contributed by atoms with van der Waals surface area (Å²) in [4.78, 5) is 52.9. The van der Waals surface area contributed by atoms with Gasteiger partial charge in [0.05, 0.1) is 42.5 Å². The number of amides is 2. The summed E-state index contributed by atoms with van der Waals surface area (Å²) in [5.74, 6) is -3.62. The molecule has 1 aromatic heterocycles. The van der Waals surface area contributed by atoms with Crippen LogP contribution in [0.2, 0.25) is 0 Å². The minimum absolute atomic E-state index is 0.125. The van der Waals surface area contributed by atoms with Gasteiger partial charge in [0, 0.05) is 45.8 Å². The average Bonchev–Trinajstić information content (AvgIpc) is 3.36. The van der Waals surface area contributed by atoms with Crippen molar-refractivity contribution in [3.8, 4) is 0 Å². The van der Waals surface area contributed by atoms with Gasteiger partial charge in [-0.05, 0) is 31.2 Å². The van der Waals surface area contributed by atoms with E-state index in [1.54, 1.807) is 17.9 Å². The number of anilines is 3. The van der Waals surface area contributed by atoms with E-state index in [0.29, 0.717) is 5.69 Å². The molecule has 1 atom stereocenters. The molecular formula is C29H30F3N5O6. The van der Waals surface area contributed by atoms with Crippen molar-refractivity contribution in [2.45, 2.75) is 26.5 Å². The van der Waals surface area contributed by atoms with E-state index in [4.69, 9.17) is 4.74 Å². The lowest BCUT2D eigenvalue weighted by atomic mass is 10.1. The first kappa shape index (κ1) is 29.7. The second-order valence-electron chi connectivity index (χ2n) is 10.2. The Bertz CT molecular complexity index is 1670. The van der Waals surface area contributed by atoms with Gasteiger partial charge in [-0.1, -0.05) is 0 Å². The lowest BCUT2D eigenvalue weighted by Crippen LogP contribution is -2.47. The van der Waals surface area contributed by atoms with Crippen molar-refractivity contribution >= 4 is 45.9 Å². The SMILES string of the molecule is CCn1cc(C(=O)OC)c(=O)c2cc(F)c(N3CCN(c4ccc(N5C[C@H](CNC(C)=O)OC5=O)cc4F)CC3)c(F)c21. The van der Waals surface area contributed by atoms with Crippen LogP contribution < -0.4 is 25.4 Å². The zero-order valence-corrected chi connectivity index (χ0v) is 23.8. The predicted octanol–water partition coefficient (Wildman–Crippen LogP) is 3.01. The van der Waals surface area contributed by atoms with Crippen LogP contribution in [-0.2, 0) is 20.8 Å². The first-order valence-corrected chi connectivity index (χ1v) is 13.7. The normalized spacial score (nSPS) is 16.9. The van der Waals surface area contributed by atoms with E-state index in [-0.39, 0.29) is 79.6 Å². The Morgan fingerprint density at radius 3 is 2.37 bits per heavy atom. The van der Waals surface area contributed by atoms with Gasteiger partial charge < -0.3 is 29.2 Å². The molecule has 0 spiro atoms. The number of nitrogens with zero attached hydrogens (tertiary/aromatic N) is 4. The summed E-state index contributed by atoms with van der Waals surface area (Å²) in [6, 6.07) is 5.27. The monoisotopic (exact) mass is 601 g/mol. The molecule has 2 fully saturated rings. The number of carbonyl (C=O) groups is 3. The van der Waals surface area contributed by atoms with E-state index in [2.05, 4.69) is 10.1 Å². The lowest BCUT2D eigenvalue weighted by molar-refractivity contribution is -0.119. The van der Waals surface area contributed by atoms with Crippen LogP contribution in [0.25, 0.3) is 10.9 Å². The molecule has 0 saturated carbocycles. The molecule has 2 amide bonds. The number of carbonyl (C=O) groups excluding carboxylic acids is 3. The van der Waals surface area contributed by atoms with Gasteiger partial charge in [0.1, 0.15) is 29.0 Å². The van der Waals surface area contributed by atoms with Gasteiger partial charge in [-0.15, -0.1) is 0 Å². The van der Waals surface area contributed by atoms with Gasteiger partial charge in [0.2, 0.25) is 11.3 Å². The fourth-order valence-electron chi connectivity index (χ4n) is 5.46. The molecule has 0 radical (unpaired) electrons. The third-order valence-electron chi connectivity index (χ3n) is 7.61. The van der Waals surface area contributed by atoms with E-state index < -0.39 is 41.0 Å². The van der Waals surface area contributed by atoms with Gasteiger partial charge in [-0.25, -0.2) is 22.8 Å². The molecular weight excluding hydrogens is 571 g/mol. The van der Waals surface area contributed by atoms with E-state index in [0.717, 1.165) is 13.2 Å². The fraction of sp³-hybridized carbons (Fsp3) is 0.379. The number of methoxy groups -OCH3 is 1. The molecule has 14 heteroatoms. The minimum atomic E-state index is -0.954. The third-order valence-corrected chi connectivity index (χ3v) is 7.61.